The predicted molar refractivity (Wildman–Crippen MR) is 144 cm³/mol. The molecule has 0 unspecified atom stereocenters. The molecule has 1 saturated heterocycles. The van der Waals surface area contributed by atoms with E-state index in [0.29, 0.717) is 34.7 Å². The van der Waals surface area contributed by atoms with Gasteiger partial charge in [0.2, 0.25) is 0 Å². The van der Waals surface area contributed by atoms with Gasteiger partial charge in [-0.1, -0.05) is 57.6 Å². The summed E-state index contributed by atoms with van der Waals surface area (Å²) in [4.78, 5) is 15.3. The Kier molecular flexibility index (Phi) is 6.63. The van der Waals surface area contributed by atoms with Crippen LogP contribution in [0.1, 0.15) is 16.9 Å². The molecule has 2 aromatic heterocycles. The Labute approximate surface area is 215 Å². The second kappa shape index (κ2) is 9.82. The maximum atomic E-state index is 13.1. The number of aryl methyl sites for hydroxylation is 1. The van der Waals surface area contributed by atoms with Crippen LogP contribution >= 0.6 is 39.9 Å². The van der Waals surface area contributed by atoms with E-state index < -0.39 is 0 Å². The van der Waals surface area contributed by atoms with Gasteiger partial charge in [0, 0.05) is 27.1 Å². The van der Waals surface area contributed by atoms with Crippen molar-refractivity contribution in [3.05, 3.63) is 93.3 Å². The number of carbonyl (C=O) groups is 1. The molecule has 8 heteroatoms. The number of fused-ring (bicyclic) bond motifs is 1. The minimum absolute atomic E-state index is 0.106. The maximum absolute atomic E-state index is 13.1. The largest absolute Gasteiger partial charge is 0.492 e. The quantitative estimate of drug-likeness (QED) is 0.186. The molecule has 0 spiro atoms. The number of halogens is 1. The van der Waals surface area contributed by atoms with E-state index in [1.54, 1.807) is 17.2 Å². The number of amides is 1. The molecule has 1 fully saturated rings. The van der Waals surface area contributed by atoms with Crippen molar-refractivity contribution in [3.8, 4) is 5.75 Å². The van der Waals surface area contributed by atoms with Crippen molar-refractivity contribution < 1.29 is 13.9 Å². The van der Waals surface area contributed by atoms with Gasteiger partial charge in [-0.2, -0.15) is 0 Å². The first kappa shape index (κ1) is 23.0. The van der Waals surface area contributed by atoms with Crippen molar-refractivity contribution >= 4 is 67.1 Å². The summed E-state index contributed by atoms with van der Waals surface area (Å²) < 4.78 is 15.0. The van der Waals surface area contributed by atoms with Gasteiger partial charge in [0.15, 0.2) is 0 Å². The SMILES string of the molecule is Cc1ccc(OCCn2cc(/C=C3\SC(=S)N(Cc4ccco4)C3=O)c3cc(Br)ccc32)cc1. The lowest BCUT2D eigenvalue weighted by Gasteiger charge is -2.11. The van der Waals surface area contributed by atoms with E-state index in [4.69, 9.17) is 21.4 Å². The Bertz CT molecular complexity index is 1390. The van der Waals surface area contributed by atoms with Crippen molar-refractivity contribution in [1.29, 1.82) is 0 Å². The van der Waals surface area contributed by atoms with Gasteiger partial charge in [-0.15, -0.1) is 0 Å². The van der Waals surface area contributed by atoms with Crippen LogP contribution in [-0.2, 0) is 17.9 Å². The zero-order chi connectivity index (χ0) is 23.7. The molecule has 5 nitrogen and oxygen atoms in total. The molecule has 5 rings (SSSR count). The Morgan fingerprint density at radius 1 is 1.18 bits per heavy atom. The molecule has 34 heavy (non-hydrogen) atoms. The lowest BCUT2D eigenvalue weighted by molar-refractivity contribution is -0.122. The Balaban J connectivity index is 1.39. The Morgan fingerprint density at radius 2 is 2.00 bits per heavy atom. The van der Waals surface area contributed by atoms with Crippen LogP contribution in [0.5, 0.6) is 5.75 Å². The highest BCUT2D eigenvalue weighted by Crippen LogP contribution is 2.36. The Hall–Kier alpha value is -2.81. The van der Waals surface area contributed by atoms with Crippen LogP contribution in [0.25, 0.3) is 17.0 Å². The van der Waals surface area contributed by atoms with Crippen LogP contribution in [0, 0.1) is 6.92 Å². The summed E-state index contributed by atoms with van der Waals surface area (Å²) >= 11 is 10.4. The maximum Gasteiger partial charge on any atom is 0.266 e. The number of ether oxygens (including phenoxy) is 1. The number of furan rings is 1. The minimum Gasteiger partial charge on any atom is -0.492 e. The van der Waals surface area contributed by atoms with E-state index in [2.05, 4.69) is 45.8 Å². The topological polar surface area (TPSA) is 47.6 Å². The van der Waals surface area contributed by atoms with Gasteiger partial charge in [-0.05, 0) is 55.5 Å². The molecular formula is C26H21BrN2O3S2. The minimum atomic E-state index is -0.106. The Morgan fingerprint density at radius 3 is 2.76 bits per heavy atom. The van der Waals surface area contributed by atoms with Crippen molar-refractivity contribution in [1.82, 2.24) is 9.47 Å². The first-order valence-electron chi connectivity index (χ1n) is 10.7. The monoisotopic (exact) mass is 552 g/mol. The molecule has 2 aromatic carbocycles. The third kappa shape index (κ3) is 4.85. The fourth-order valence-corrected chi connectivity index (χ4v) is 5.44. The molecule has 3 heterocycles. The summed E-state index contributed by atoms with van der Waals surface area (Å²) in [6.45, 7) is 3.60. The average Bonchev–Trinajstić information content (AvgIpc) is 3.52. The number of thioether (sulfide) groups is 1. The average molecular weight is 554 g/mol. The van der Waals surface area contributed by atoms with E-state index >= 15 is 0 Å². The standard InChI is InChI=1S/C26H21BrN2O3S2/c1-17-4-7-20(8-5-17)32-12-10-28-15-18(22-14-19(27)6-9-23(22)28)13-24-25(30)29(26(33)34-24)16-21-3-2-11-31-21/h2-9,11,13-15H,10,12,16H2,1H3/b24-13-. The van der Waals surface area contributed by atoms with Gasteiger partial charge in [0.25, 0.3) is 5.91 Å². The zero-order valence-corrected chi connectivity index (χ0v) is 21.6. The molecule has 0 aliphatic carbocycles. The summed E-state index contributed by atoms with van der Waals surface area (Å²) in [6.07, 6.45) is 5.58. The van der Waals surface area contributed by atoms with Gasteiger partial charge in [-0.3, -0.25) is 9.69 Å². The van der Waals surface area contributed by atoms with Crippen molar-refractivity contribution in [2.45, 2.75) is 20.0 Å². The number of carbonyl (C=O) groups excluding carboxylic acids is 1. The first-order valence-corrected chi connectivity index (χ1v) is 12.8. The number of hydrogen-bond donors (Lipinski definition) is 0. The zero-order valence-electron chi connectivity index (χ0n) is 18.4. The van der Waals surface area contributed by atoms with Crippen molar-refractivity contribution in [2.75, 3.05) is 6.61 Å². The normalized spacial score (nSPS) is 15.1. The highest BCUT2D eigenvalue weighted by atomic mass is 79.9. The van der Waals surface area contributed by atoms with E-state index in [1.165, 1.54) is 17.3 Å². The molecule has 1 aliphatic rings. The number of thiocarbonyl (C=S) groups is 1. The van der Waals surface area contributed by atoms with Crippen LogP contribution < -0.4 is 4.74 Å². The fraction of sp³-hybridized carbons (Fsp3) is 0.154. The number of rotatable bonds is 7. The third-order valence-electron chi connectivity index (χ3n) is 5.55. The third-order valence-corrected chi connectivity index (χ3v) is 7.42. The van der Waals surface area contributed by atoms with E-state index in [-0.39, 0.29) is 5.91 Å². The first-order chi connectivity index (χ1) is 16.5. The molecule has 1 aliphatic heterocycles. The summed E-state index contributed by atoms with van der Waals surface area (Å²) in [5.41, 5.74) is 3.24. The second-order valence-corrected chi connectivity index (χ2v) is 10.5. The van der Waals surface area contributed by atoms with E-state index in [0.717, 1.165) is 26.7 Å². The molecular weight excluding hydrogens is 532 g/mol. The van der Waals surface area contributed by atoms with Crippen LogP contribution in [0.4, 0.5) is 0 Å². The summed E-state index contributed by atoms with van der Waals surface area (Å²) in [5, 5.41) is 1.06. The summed E-state index contributed by atoms with van der Waals surface area (Å²) in [5.74, 6) is 1.45. The van der Waals surface area contributed by atoms with Gasteiger partial charge < -0.3 is 13.7 Å². The lowest BCUT2D eigenvalue weighted by Crippen LogP contribution is -2.27. The van der Waals surface area contributed by atoms with Gasteiger partial charge >= 0.3 is 0 Å². The second-order valence-electron chi connectivity index (χ2n) is 7.95. The lowest BCUT2D eigenvalue weighted by atomic mass is 10.1. The van der Waals surface area contributed by atoms with Crippen LogP contribution in [0.15, 0.2) is 80.9 Å². The van der Waals surface area contributed by atoms with Crippen LogP contribution in [0.2, 0.25) is 0 Å². The molecule has 0 radical (unpaired) electrons. The molecule has 0 bridgehead atoms. The number of nitrogens with zero attached hydrogens (tertiary/aromatic N) is 2. The highest BCUT2D eigenvalue weighted by molar-refractivity contribution is 9.10. The smallest absolute Gasteiger partial charge is 0.266 e. The molecule has 0 saturated carbocycles. The van der Waals surface area contributed by atoms with Gasteiger partial charge in [-0.25, -0.2) is 0 Å². The van der Waals surface area contributed by atoms with E-state index in [9.17, 15) is 4.79 Å². The molecule has 172 valence electrons. The van der Waals surface area contributed by atoms with Gasteiger partial charge in [0.1, 0.15) is 22.4 Å². The summed E-state index contributed by atoms with van der Waals surface area (Å²) in [7, 11) is 0. The molecule has 0 N–H and O–H groups in total. The summed E-state index contributed by atoms with van der Waals surface area (Å²) in [6, 6.07) is 17.9. The molecule has 0 atom stereocenters. The van der Waals surface area contributed by atoms with E-state index in [1.807, 2.05) is 42.5 Å². The van der Waals surface area contributed by atoms with Crippen molar-refractivity contribution in [2.24, 2.45) is 0 Å². The van der Waals surface area contributed by atoms with Crippen molar-refractivity contribution in [3.63, 3.8) is 0 Å². The fourth-order valence-electron chi connectivity index (χ4n) is 3.83. The number of aromatic nitrogens is 1. The predicted octanol–water partition coefficient (Wildman–Crippen LogP) is 6.79. The highest BCUT2D eigenvalue weighted by Gasteiger charge is 2.32. The molecule has 1 amide bonds. The van der Waals surface area contributed by atoms with Gasteiger partial charge in [0.05, 0.1) is 24.3 Å². The van der Waals surface area contributed by atoms with Crippen LogP contribution in [-0.4, -0.2) is 26.3 Å². The molecule has 4 aromatic rings. The number of hydrogen-bond acceptors (Lipinski definition) is 5. The number of benzene rings is 2. The van der Waals surface area contributed by atoms with Crippen LogP contribution in [0.3, 0.4) is 0 Å².